The highest BCUT2D eigenvalue weighted by atomic mass is 28.2. The summed E-state index contributed by atoms with van der Waals surface area (Å²) in [6.45, 7) is 2.50. The van der Waals surface area contributed by atoms with Crippen molar-refractivity contribution in [1.29, 1.82) is 0 Å². The summed E-state index contributed by atoms with van der Waals surface area (Å²) in [7, 11) is 0.751. The highest BCUT2D eigenvalue weighted by Crippen LogP contribution is 1.92. The molecule has 0 aromatic rings. The summed E-state index contributed by atoms with van der Waals surface area (Å²) in [5.41, 5.74) is 0. The molecule has 0 aliphatic rings. The summed E-state index contributed by atoms with van der Waals surface area (Å²) in [5, 5.41) is 0. The molecule has 0 aromatic heterocycles. The van der Waals surface area contributed by atoms with E-state index in [0.29, 0.717) is 6.54 Å². The molecule has 0 N–H and O–H groups in total. The fourth-order valence-corrected chi connectivity index (χ4v) is 0.646. The zero-order valence-electron chi connectivity index (χ0n) is 5.76. The molecule has 1 atom stereocenters. The Labute approximate surface area is 57.7 Å². The fraction of sp³-hybridized carbons (Fsp3) is 0.800. The van der Waals surface area contributed by atoms with E-state index in [9.17, 15) is 4.79 Å². The van der Waals surface area contributed by atoms with Gasteiger partial charge >= 0.3 is 0 Å². The summed E-state index contributed by atoms with van der Waals surface area (Å²) in [5.74, 6) is 0. The van der Waals surface area contributed by atoms with Gasteiger partial charge in [-0.1, -0.05) is 0 Å². The maximum Gasteiger partial charge on any atom is 0.234 e. The van der Waals surface area contributed by atoms with E-state index in [0.717, 1.165) is 16.9 Å². The molecule has 0 heterocycles. The van der Waals surface area contributed by atoms with Crippen molar-refractivity contribution in [3.05, 3.63) is 0 Å². The van der Waals surface area contributed by atoms with Crippen LogP contribution in [0.3, 0.4) is 0 Å². The number of hydrogen-bond donors (Lipinski definition) is 0. The third-order valence-corrected chi connectivity index (χ3v) is 1.92. The van der Waals surface area contributed by atoms with Crippen molar-refractivity contribution < 1.29 is 9.22 Å². The SMILES string of the molecule is CC(CCN=C=O)O[SiH3]. The van der Waals surface area contributed by atoms with Crippen LogP contribution in [-0.2, 0) is 9.22 Å². The summed E-state index contributed by atoms with van der Waals surface area (Å²) in [6, 6.07) is 0. The first-order valence-corrected chi connectivity index (χ1v) is 3.69. The average molecular weight is 145 g/mol. The second-order valence-electron chi connectivity index (χ2n) is 1.81. The van der Waals surface area contributed by atoms with Crippen molar-refractivity contribution in [2.24, 2.45) is 4.99 Å². The van der Waals surface area contributed by atoms with Crippen LogP contribution in [0.1, 0.15) is 13.3 Å². The Morgan fingerprint density at radius 3 is 3.00 bits per heavy atom. The number of aliphatic imine (C=N–C) groups is 1. The predicted octanol–water partition coefficient (Wildman–Crippen LogP) is -0.602. The quantitative estimate of drug-likeness (QED) is 0.301. The van der Waals surface area contributed by atoms with Gasteiger partial charge in [-0.25, -0.2) is 9.79 Å². The maximum absolute atomic E-state index is 9.55. The van der Waals surface area contributed by atoms with E-state index >= 15 is 0 Å². The van der Waals surface area contributed by atoms with Gasteiger partial charge in [0.15, 0.2) is 0 Å². The molecule has 0 aromatic carbocycles. The van der Waals surface area contributed by atoms with Crippen molar-refractivity contribution in [3.63, 3.8) is 0 Å². The Hall–Kier alpha value is -0.443. The Kier molecular flexibility index (Phi) is 5.41. The largest absolute Gasteiger partial charge is 0.425 e. The van der Waals surface area contributed by atoms with Crippen molar-refractivity contribution in [1.82, 2.24) is 0 Å². The van der Waals surface area contributed by atoms with Gasteiger partial charge in [-0.15, -0.1) is 0 Å². The number of isocyanates is 1. The van der Waals surface area contributed by atoms with Crippen molar-refractivity contribution >= 4 is 16.6 Å². The second kappa shape index (κ2) is 5.69. The van der Waals surface area contributed by atoms with E-state index in [1.165, 1.54) is 6.08 Å². The molecular weight excluding hydrogens is 134 g/mol. The third kappa shape index (κ3) is 5.43. The molecule has 52 valence electrons. The highest BCUT2D eigenvalue weighted by molar-refractivity contribution is 5.98. The molecule has 9 heavy (non-hydrogen) atoms. The Balaban J connectivity index is 3.16. The summed E-state index contributed by atoms with van der Waals surface area (Å²) in [6.07, 6.45) is 2.54. The number of nitrogens with zero attached hydrogens (tertiary/aromatic N) is 1. The number of hydrogen-bond acceptors (Lipinski definition) is 3. The van der Waals surface area contributed by atoms with Gasteiger partial charge in [0.05, 0.1) is 6.54 Å². The van der Waals surface area contributed by atoms with Crippen LogP contribution in [0.2, 0.25) is 0 Å². The molecule has 0 aliphatic heterocycles. The van der Waals surface area contributed by atoms with E-state index in [1.807, 2.05) is 6.92 Å². The third-order valence-electron chi connectivity index (χ3n) is 1.11. The van der Waals surface area contributed by atoms with Gasteiger partial charge in [0, 0.05) is 6.10 Å². The molecule has 1 unspecified atom stereocenters. The molecule has 0 radical (unpaired) electrons. The summed E-state index contributed by atoms with van der Waals surface area (Å²) < 4.78 is 5.05. The first kappa shape index (κ1) is 8.56. The van der Waals surface area contributed by atoms with Gasteiger partial charge < -0.3 is 4.43 Å². The van der Waals surface area contributed by atoms with E-state index in [1.54, 1.807) is 0 Å². The Morgan fingerprint density at radius 2 is 2.56 bits per heavy atom. The smallest absolute Gasteiger partial charge is 0.234 e. The molecule has 3 nitrogen and oxygen atoms in total. The molecule has 0 bridgehead atoms. The molecular formula is C5H11NO2Si. The van der Waals surface area contributed by atoms with E-state index < -0.39 is 0 Å². The van der Waals surface area contributed by atoms with Crippen LogP contribution in [0.15, 0.2) is 4.99 Å². The van der Waals surface area contributed by atoms with Crippen LogP contribution >= 0.6 is 0 Å². The van der Waals surface area contributed by atoms with Crippen LogP contribution < -0.4 is 0 Å². The molecule has 0 saturated carbocycles. The van der Waals surface area contributed by atoms with Gasteiger partial charge in [-0.05, 0) is 13.3 Å². The van der Waals surface area contributed by atoms with Gasteiger partial charge in [0.1, 0.15) is 10.5 Å². The highest BCUT2D eigenvalue weighted by Gasteiger charge is 1.94. The second-order valence-corrected chi connectivity index (χ2v) is 2.28. The monoisotopic (exact) mass is 145 g/mol. The molecule has 0 aliphatic carbocycles. The molecule has 0 amide bonds. The zero-order valence-corrected chi connectivity index (χ0v) is 7.76. The lowest BCUT2D eigenvalue weighted by atomic mass is 10.3. The average Bonchev–Trinajstić information content (AvgIpc) is 1.89. The van der Waals surface area contributed by atoms with Crippen molar-refractivity contribution in [3.8, 4) is 0 Å². The van der Waals surface area contributed by atoms with Crippen LogP contribution in [0, 0.1) is 0 Å². The minimum atomic E-state index is 0.244. The predicted molar refractivity (Wildman–Crippen MR) is 38.1 cm³/mol. The summed E-state index contributed by atoms with van der Waals surface area (Å²) >= 11 is 0. The molecule has 0 spiro atoms. The van der Waals surface area contributed by atoms with Gasteiger partial charge in [0.2, 0.25) is 6.08 Å². The van der Waals surface area contributed by atoms with E-state index in [4.69, 9.17) is 4.43 Å². The Morgan fingerprint density at radius 1 is 1.89 bits per heavy atom. The van der Waals surface area contributed by atoms with Gasteiger partial charge in [-0.3, -0.25) is 0 Å². The maximum atomic E-state index is 9.55. The Bertz CT molecular complexity index is 112. The van der Waals surface area contributed by atoms with E-state index in [-0.39, 0.29) is 6.10 Å². The van der Waals surface area contributed by atoms with Gasteiger partial charge in [-0.2, -0.15) is 0 Å². The standard InChI is InChI=1S/C5H11NO2Si/c1-5(8-9)2-3-6-4-7/h5H,2-3H2,1,9H3. The molecule has 0 saturated heterocycles. The van der Waals surface area contributed by atoms with Crippen LogP contribution in [0.25, 0.3) is 0 Å². The van der Waals surface area contributed by atoms with Gasteiger partial charge in [0.25, 0.3) is 0 Å². The molecule has 4 heteroatoms. The molecule has 0 rings (SSSR count). The minimum Gasteiger partial charge on any atom is -0.425 e. The minimum absolute atomic E-state index is 0.244. The van der Waals surface area contributed by atoms with Crippen LogP contribution in [-0.4, -0.2) is 29.2 Å². The molecule has 0 fully saturated rings. The first-order chi connectivity index (χ1) is 4.31. The van der Waals surface area contributed by atoms with E-state index in [2.05, 4.69) is 4.99 Å². The van der Waals surface area contributed by atoms with Crippen molar-refractivity contribution in [2.75, 3.05) is 6.54 Å². The number of carbonyl (C=O) groups excluding carboxylic acids is 1. The normalized spacial score (nSPS) is 12.6. The summed E-state index contributed by atoms with van der Waals surface area (Å²) in [4.78, 5) is 12.9. The lowest BCUT2D eigenvalue weighted by molar-refractivity contribution is 0.235. The topological polar surface area (TPSA) is 38.7 Å². The first-order valence-electron chi connectivity index (χ1n) is 2.87. The lowest BCUT2D eigenvalue weighted by Gasteiger charge is -2.05. The zero-order chi connectivity index (χ0) is 7.11. The van der Waals surface area contributed by atoms with Crippen LogP contribution in [0.5, 0.6) is 0 Å². The van der Waals surface area contributed by atoms with Crippen molar-refractivity contribution in [2.45, 2.75) is 19.4 Å². The fourth-order valence-electron chi connectivity index (χ4n) is 0.410. The van der Waals surface area contributed by atoms with Crippen LogP contribution in [0.4, 0.5) is 0 Å². The number of rotatable bonds is 4. The lowest BCUT2D eigenvalue weighted by Crippen LogP contribution is -2.06.